The molecule has 0 atom stereocenters. The van der Waals surface area contributed by atoms with Crippen LogP contribution in [0.15, 0.2) is 67.3 Å². The molecule has 0 spiro atoms. The van der Waals surface area contributed by atoms with Gasteiger partial charge in [0.25, 0.3) is 0 Å². The second kappa shape index (κ2) is 15.8. The first-order valence-corrected chi connectivity index (χ1v) is 17.0. The van der Waals surface area contributed by atoms with E-state index in [4.69, 9.17) is 23.9 Å². The summed E-state index contributed by atoms with van der Waals surface area (Å²) in [7, 11) is 6.57. The Morgan fingerprint density at radius 2 is 1.10 bits per heavy atom. The molecule has 48 heavy (non-hydrogen) atoms. The molecule has 2 aliphatic carbocycles. The molecule has 10 heteroatoms. The molecule has 3 aromatic carbocycles. The van der Waals surface area contributed by atoms with Crippen molar-refractivity contribution in [2.24, 2.45) is 0 Å². The molecule has 2 heterocycles. The van der Waals surface area contributed by atoms with Crippen molar-refractivity contribution in [2.75, 3.05) is 38.7 Å². The van der Waals surface area contributed by atoms with Gasteiger partial charge in [-0.05, 0) is 49.9 Å². The van der Waals surface area contributed by atoms with Crippen molar-refractivity contribution in [3.8, 4) is 23.0 Å². The minimum atomic E-state index is 0.437. The first-order chi connectivity index (χ1) is 23.6. The normalized spacial score (nSPS) is 15.3. The van der Waals surface area contributed by atoms with Gasteiger partial charge in [-0.15, -0.1) is 0 Å². The molecule has 0 radical (unpaired) electrons. The van der Waals surface area contributed by atoms with E-state index in [-0.39, 0.29) is 0 Å². The molecular formula is C38H46N6O4. The van der Waals surface area contributed by atoms with Crippen molar-refractivity contribution in [1.82, 2.24) is 19.9 Å². The molecule has 2 aromatic heterocycles. The molecule has 2 aliphatic rings. The Morgan fingerprint density at radius 3 is 1.71 bits per heavy atom. The summed E-state index contributed by atoms with van der Waals surface area (Å²) in [6.07, 6.45) is 15.8. The lowest BCUT2D eigenvalue weighted by Gasteiger charge is -2.36. The van der Waals surface area contributed by atoms with Gasteiger partial charge in [0.15, 0.2) is 23.0 Å². The fourth-order valence-corrected chi connectivity index (χ4v) is 6.93. The van der Waals surface area contributed by atoms with Gasteiger partial charge >= 0.3 is 0 Å². The Labute approximate surface area is 282 Å². The van der Waals surface area contributed by atoms with Crippen molar-refractivity contribution in [3.05, 3.63) is 67.3 Å². The van der Waals surface area contributed by atoms with Gasteiger partial charge in [-0.1, -0.05) is 56.7 Å². The van der Waals surface area contributed by atoms with Crippen molar-refractivity contribution in [1.29, 1.82) is 0 Å². The van der Waals surface area contributed by atoms with Crippen LogP contribution in [0.1, 0.15) is 64.2 Å². The molecule has 10 nitrogen and oxygen atoms in total. The first-order valence-electron chi connectivity index (χ1n) is 17.0. The van der Waals surface area contributed by atoms with Crippen LogP contribution in [0.4, 0.5) is 17.3 Å². The van der Waals surface area contributed by atoms with Crippen LogP contribution in [0.25, 0.3) is 21.8 Å². The van der Waals surface area contributed by atoms with Crippen molar-refractivity contribution in [2.45, 2.75) is 76.3 Å². The Morgan fingerprint density at radius 1 is 0.583 bits per heavy atom. The van der Waals surface area contributed by atoms with E-state index in [1.807, 2.05) is 24.3 Å². The predicted octanol–water partition coefficient (Wildman–Crippen LogP) is 8.51. The zero-order chi connectivity index (χ0) is 33.3. The number of aromatic nitrogens is 4. The van der Waals surface area contributed by atoms with E-state index < -0.39 is 0 Å². The highest BCUT2D eigenvalue weighted by Gasteiger charge is 2.26. The van der Waals surface area contributed by atoms with E-state index in [0.717, 1.165) is 33.4 Å². The molecule has 2 saturated carbocycles. The van der Waals surface area contributed by atoms with E-state index in [0.29, 0.717) is 35.1 Å². The highest BCUT2D eigenvalue weighted by molar-refractivity contribution is 5.94. The highest BCUT2D eigenvalue weighted by atomic mass is 16.5. The van der Waals surface area contributed by atoms with E-state index in [1.54, 1.807) is 41.1 Å². The van der Waals surface area contributed by atoms with Gasteiger partial charge in [-0.2, -0.15) is 0 Å². The maximum atomic E-state index is 5.53. The smallest absolute Gasteiger partial charge is 0.162 e. The number of hydrogen-bond acceptors (Lipinski definition) is 10. The molecular weight excluding hydrogens is 604 g/mol. The van der Waals surface area contributed by atoms with Crippen molar-refractivity contribution >= 4 is 39.1 Å². The Kier molecular flexibility index (Phi) is 10.9. The third-order valence-electron chi connectivity index (χ3n) is 9.41. The number of anilines is 3. The van der Waals surface area contributed by atoms with E-state index >= 15 is 0 Å². The summed E-state index contributed by atoms with van der Waals surface area (Å²) in [6.45, 7) is 0. The number of benzene rings is 3. The van der Waals surface area contributed by atoms with Gasteiger partial charge in [0.2, 0.25) is 0 Å². The van der Waals surface area contributed by atoms with Gasteiger partial charge < -0.3 is 29.2 Å². The number of nitrogens with zero attached hydrogens (tertiary/aromatic N) is 5. The van der Waals surface area contributed by atoms with Gasteiger partial charge in [-0.25, -0.2) is 19.9 Å². The largest absolute Gasteiger partial charge is 0.493 e. The van der Waals surface area contributed by atoms with Crippen LogP contribution in [0.5, 0.6) is 23.0 Å². The second-order valence-electron chi connectivity index (χ2n) is 12.3. The lowest BCUT2D eigenvalue weighted by Crippen LogP contribution is -2.33. The third kappa shape index (κ3) is 7.32. The number of methoxy groups -OCH3 is 4. The third-order valence-corrected chi connectivity index (χ3v) is 9.41. The van der Waals surface area contributed by atoms with Crippen LogP contribution >= 0.6 is 0 Å². The number of fused-ring (bicyclic) bond motifs is 2. The predicted molar refractivity (Wildman–Crippen MR) is 191 cm³/mol. The number of hydrogen-bond donors (Lipinski definition) is 1. The minimum absolute atomic E-state index is 0.437. The van der Waals surface area contributed by atoms with E-state index in [9.17, 15) is 0 Å². The van der Waals surface area contributed by atoms with Crippen molar-refractivity contribution < 1.29 is 18.9 Å². The molecule has 0 amide bonds. The molecule has 0 saturated heterocycles. The number of nitrogens with one attached hydrogen (secondary N) is 1. The average molecular weight is 651 g/mol. The fourth-order valence-electron chi connectivity index (χ4n) is 6.93. The topological polar surface area (TPSA) is 104 Å². The summed E-state index contributed by atoms with van der Waals surface area (Å²) in [5.74, 6) is 4.57. The Bertz CT molecular complexity index is 1790. The van der Waals surface area contributed by atoms with Crippen LogP contribution < -0.4 is 29.2 Å². The van der Waals surface area contributed by atoms with Gasteiger partial charge in [0.05, 0.1) is 39.5 Å². The standard InChI is InChI=1S/C22H25N3O2.C16H21N3O2/c1-26-20-13-18-19(14-21(20)27-2)23-15-24-22(18)25(16-9-5-3-6-10-16)17-11-7-4-8-12-17;1-20-14-8-12-13(9-15(14)21-2)17-10-18-16(12)19-11-6-4-3-5-7-11/h3,5-6,9-10,13-15,17H,4,7-8,11-12H2,1-2H3;8-11H,3-7H2,1-2H3,(H,17,18,19). The lowest BCUT2D eigenvalue weighted by atomic mass is 9.93. The van der Waals surface area contributed by atoms with Crippen LogP contribution in [0.2, 0.25) is 0 Å². The molecule has 1 N–H and O–H groups in total. The summed E-state index contributed by atoms with van der Waals surface area (Å²) < 4.78 is 21.7. The zero-order valence-corrected chi connectivity index (χ0v) is 28.4. The average Bonchev–Trinajstić information content (AvgIpc) is 3.15. The van der Waals surface area contributed by atoms with E-state index in [1.165, 1.54) is 69.9 Å². The summed E-state index contributed by atoms with van der Waals surface area (Å²) >= 11 is 0. The highest BCUT2D eigenvalue weighted by Crippen LogP contribution is 2.40. The molecule has 5 aromatic rings. The number of rotatable bonds is 9. The first kappa shape index (κ1) is 33.1. The van der Waals surface area contributed by atoms with Gasteiger partial charge in [0.1, 0.15) is 24.3 Å². The SMILES string of the molecule is COc1cc2ncnc(N(c3ccccc3)C3CCCCC3)c2cc1OC.COc1cc2ncnc(NC3CCCCC3)c2cc1OC. The second-order valence-corrected chi connectivity index (χ2v) is 12.3. The Balaban J connectivity index is 0.000000173. The van der Waals surface area contributed by atoms with Crippen LogP contribution in [-0.4, -0.2) is 60.5 Å². The lowest BCUT2D eigenvalue weighted by molar-refractivity contribution is 0.355. The number of ether oxygens (including phenoxy) is 4. The zero-order valence-electron chi connectivity index (χ0n) is 28.4. The summed E-state index contributed by atoms with van der Waals surface area (Å²) in [6, 6.07) is 19.2. The van der Waals surface area contributed by atoms with E-state index in [2.05, 4.69) is 55.5 Å². The maximum absolute atomic E-state index is 5.53. The van der Waals surface area contributed by atoms with Crippen LogP contribution in [0.3, 0.4) is 0 Å². The fraction of sp³-hybridized carbons (Fsp3) is 0.421. The van der Waals surface area contributed by atoms with Crippen molar-refractivity contribution in [3.63, 3.8) is 0 Å². The van der Waals surface area contributed by atoms with Gasteiger partial charge in [0, 0.05) is 40.7 Å². The molecule has 7 rings (SSSR count). The molecule has 0 unspecified atom stereocenters. The number of para-hydroxylation sites is 1. The molecule has 0 bridgehead atoms. The summed E-state index contributed by atoms with van der Waals surface area (Å²) in [5.41, 5.74) is 2.88. The monoisotopic (exact) mass is 650 g/mol. The molecule has 252 valence electrons. The quantitative estimate of drug-likeness (QED) is 0.167. The summed E-state index contributed by atoms with van der Waals surface area (Å²) in [5, 5.41) is 5.51. The molecule has 2 fully saturated rings. The minimum Gasteiger partial charge on any atom is -0.493 e. The maximum Gasteiger partial charge on any atom is 0.162 e. The molecule has 0 aliphatic heterocycles. The van der Waals surface area contributed by atoms with Crippen LogP contribution in [-0.2, 0) is 0 Å². The van der Waals surface area contributed by atoms with Crippen LogP contribution in [0, 0.1) is 0 Å². The summed E-state index contributed by atoms with van der Waals surface area (Å²) in [4.78, 5) is 20.3. The Hall–Kier alpha value is -4.86. The van der Waals surface area contributed by atoms with Gasteiger partial charge in [-0.3, -0.25) is 0 Å².